The molecule has 28 heavy (non-hydrogen) atoms. The quantitative estimate of drug-likeness (QED) is 0.768. The highest BCUT2D eigenvalue weighted by Crippen LogP contribution is 2.21. The van der Waals surface area contributed by atoms with Crippen LogP contribution in [0.4, 0.5) is 4.39 Å². The van der Waals surface area contributed by atoms with Crippen molar-refractivity contribution in [3.05, 3.63) is 52.9 Å². The Kier molecular flexibility index (Phi) is 6.44. The van der Waals surface area contributed by atoms with Gasteiger partial charge in [0.25, 0.3) is 11.8 Å². The number of rotatable bonds is 7. The van der Waals surface area contributed by atoms with Crippen molar-refractivity contribution in [3.63, 3.8) is 0 Å². The summed E-state index contributed by atoms with van der Waals surface area (Å²) in [6.45, 7) is 5.59. The van der Waals surface area contributed by atoms with Crippen LogP contribution in [0.3, 0.4) is 0 Å². The lowest BCUT2D eigenvalue weighted by molar-refractivity contribution is 0.0938. The molecule has 0 saturated carbocycles. The Bertz CT molecular complexity index is 860. The molecule has 1 aromatic carbocycles. The molecule has 2 aromatic rings. The van der Waals surface area contributed by atoms with E-state index in [0.717, 1.165) is 25.0 Å². The zero-order valence-electron chi connectivity index (χ0n) is 16.4. The van der Waals surface area contributed by atoms with Gasteiger partial charge in [0, 0.05) is 19.6 Å². The number of nitrogens with one attached hydrogen (secondary N) is 2. The van der Waals surface area contributed by atoms with E-state index >= 15 is 0 Å². The standard InChI is InChI=1S/C21H27FN4O2/c1-14(2)13-24-20(27)18-17-9-5-6-12-26(17)19(25-18)21(28)23-11-10-15-7-3-4-8-16(15)22/h3-4,7-8,14H,5-6,9-13H2,1-2H3,(H,23,28)(H,24,27). The minimum Gasteiger partial charge on any atom is -0.350 e. The molecule has 1 aromatic heterocycles. The zero-order chi connectivity index (χ0) is 20.1. The normalized spacial score (nSPS) is 13.3. The third-order valence-electron chi connectivity index (χ3n) is 4.84. The highest BCUT2D eigenvalue weighted by Gasteiger charge is 2.27. The van der Waals surface area contributed by atoms with Gasteiger partial charge in [0.2, 0.25) is 0 Å². The molecule has 1 aliphatic rings. The summed E-state index contributed by atoms with van der Waals surface area (Å²) >= 11 is 0. The van der Waals surface area contributed by atoms with Gasteiger partial charge in [0.1, 0.15) is 11.5 Å². The largest absolute Gasteiger partial charge is 0.350 e. The van der Waals surface area contributed by atoms with Crippen LogP contribution < -0.4 is 10.6 Å². The van der Waals surface area contributed by atoms with Crippen molar-refractivity contribution in [1.29, 1.82) is 0 Å². The molecule has 1 aliphatic heterocycles. The average Bonchev–Trinajstić information content (AvgIpc) is 3.07. The van der Waals surface area contributed by atoms with E-state index in [1.165, 1.54) is 6.07 Å². The summed E-state index contributed by atoms with van der Waals surface area (Å²) in [4.78, 5) is 29.6. The summed E-state index contributed by atoms with van der Waals surface area (Å²) in [5, 5.41) is 5.69. The van der Waals surface area contributed by atoms with Crippen LogP contribution in [0.15, 0.2) is 24.3 Å². The van der Waals surface area contributed by atoms with Gasteiger partial charge in [-0.25, -0.2) is 9.37 Å². The molecule has 0 bridgehead atoms. The van der Waals surface area contributed by atoms with Crippen LogP contribution in [0.1, 0.15) is 59.1 Å². The number of carbonyl (C=O) groups excluding carboxylic acids is 2. The number of carbonyl (C=O) groups is 2. The van der Waals surface area contributed by atoms with E-state index < -0.39 is 0 Å². The van der Waals surface area contributed by atoms with Crippen LogP contribution in [-0.4, -0.2) is 34.5 Å². The van der Waals surface area contributed by atoms with Crippen LogP contribution in [0, 0.1) is 11.7 Å². The van der Waals surface area contributed by atoms with Gasteiger partial charge in [-0.2, -0.15) is 0 Å². The fourth-order valence-corrected chi connectivity index (χ4v) is 3.37. The Labute approximate surface area is 164 Å². The van der Waals surface area contributed by atoms with E-state index in [4.69, 9.17) is 0 Å². The predicted molar refractivity (Wildman–Crippen MR) is 105 cm³/mol. The minimum absolute atomic E-state index is 0.232. The molecule has 2 amide bonds. The monoisotopic (exact) mass is 386 g/mol. The average molecular weight is 386 g/mol. The van der Waals surface area contributed by atoms with Crippen molar-refractivity contribution in [3.8, 4) is 0 Å². The molecule has 6 nitrogen and oxygen atoms in total. The Hall–Kier alpha value is -2.70. The first kappa shape index (κ1) is 20.0. The summed E-state index contributed by atoms with van der Waals surface area (Å²) in [5.74, 6) is -0.243. The van der Waals surface area contributed by atoms with Crippen molar-refractivity contribution in [2.75, 3.05) is 13.1 Å². The lowest BCUT2D eigenvalue weighted by Gasteiger charge is -2.17. The number of amides is 2. The van der Waals surface area contributed by atoms with Crippen LogP contribution in [0.2, 0.25) is 0 Å². The van der Waals surface area contributed by atoms with Gasteiger partial charge in [-0.15, -0.1) is 0 Å². The smallest absolute Gasteiger partial charge is 0.287 e. The number of halogens is 1. The van der Waals surface area contributed by atoms with E-state index in [1.807, 2.05) is 18.4 Å². The number of benzene rings is 1. The third-order valence-corrected chi connectivity index (χ3v) is 4.84. The van der Waals surface area contributed by atoms with Crippen molar-refractivity contribution in [1.82, 2.24) is 20.2 Å². The van der Waals surface area contributed by atoms with Gasteiger partial charge >= 0.3 is 0 Å². The third kappa shape index (κ3) is 4.58. The van der Waals surface area contributed by atoms with Gasteiger partial charge in [-0.05, 0) is 43.2 Å². The highest BCUT2D eigenvalue weighted by molar-refractivity contribution is 5.97. The summed E-state index contributed by atoms with van der Waals surface area (Å²) in [6.07, 6.45) is 3.06. The minimum atomic E-state index is -0.331. The summed E-state index contributed by atoms with van der Waals surface area (Å²) in [6, 6.07) is 6.52. The molecular formula is C21H27FN4O2. The Morgan fingerprint density at radius 1 is 1.18 bits per heavy atom. The zero-order valence-corrected chi connectivity index (χ0v) is 16.4. The van der Waals surface area contributed by atoms with E-state index in [9.17, 15) is 14.0 Å². The predicted octanol–water partition coefficient (Wildman–Crippen LogP) is 2.72. The lowest BCUT2D eigenvalue weighted by Crippen LogP contribution is -2.29. The van der Waals surface area contributed by atoms with Crippen LogP contribution in [0.5, 0.6) is 0 Å². The molecule has 2 heterocycles. The summed E-state index contributed by atoms with van der Waals surface area (Å²) in [7, 11) is 0. The number of aromatic nitrogens is 2. The first-order valence-electron chi connectivity index (χ1n) is 9.86. The number of fused-ring (bicyclic) bond motifs is 1. The SMILES string of the molecule is CC(C)CNC(=O)c1nc(C(=O)NCCc2ccccc2F)n2c1CCCC2. The topological polar surface area (TPSA) is 76.0 Å². The Balaban J connectivity index is 1.71. The fourth-order valence-electron chi connectivity index (χ4n) is 3.37. The maximum Gasteiger partial charge on any atom is 0.287 e. The number of imidazole rings is 1. The molecule has 0 spiro atoms. The number of nitrogens with zero attached hydrogens (tertiary/aromatic N) is 2. The first-order valence-corrected chi connectivity index (χ1v) is 9.86. The van der Waals surface area contributed by atoms with Crippen molar-refractivity contribution < 1.29 is 14.0 Å². The maximum atomic E-state index is 13.7. The van der Waals surface area contributed by atoms with Gasteiger partial charge in [-0.1, -0.05) is 32.0 Å². The fraction of sp³-hybridized carbons (Fsp3) is 0.476. The molecule has 7 heteroatoms. The van der Waals surface area contributed by atoms with Crippen molar-refractivity contribution >= 4 is 11.8 Å². The second-order valence-corrected chi connectivity index (χ2v) is 7.54. The van der Waals surface area contributed by atoms with Crippen LogP contribution in [0.25, 0.3) is 0 Å². The molecule has 0 fully saturated rings. The second kappa shape index (κ2) is 8.99. The van der Waals surface area contributed by atoms with Crippen LogP contribution >= 0.6 is 0 Å². The molecule has 0 aliphatic carbocycles. The molecule has 0 atom stereocenters. The van der Waals surface area contributed by atoms with E-state index in [-0.39, 0.29) is 23.5 Å². The molecule has 150 valence electrons. The molecular weight excluding hydrogens is 359 g/mol. The first-order chi connectivity index (χ1) is 13.5. The van der Waals surface area contributed by atoms with E-state index in [0.29, 0.717) is 43.2 Å². The van der Waals surface area contributed by atoms with Gasteiger partial charge < -0.3 is 15.2 Å². The number of hydrogen-bond acceptors (Lipinski definition) is 3. The molecule has 0 saturated heterocycles. The van der Waals surface area contributed by atoms with E-state index in [2.05, 4.69) is 15.6 Å². The highest BCUT2D eigenvalue weighted by atomic mass is 19.1. The Morgan fingerprint density at radius 2 is 1.96 bits per heavy atom. The Morgan fingerprint density at radius 3 is 2.71 bits per heavy atom. The summed E-state index contributed by atoms with van der Waals surface area (Å²) in [5.41, 5.74) is 1.73. The van der Waals surface area contributed by atoms with Crippen LogP contribution in [-0.2, 0) is 19.4 Å². The van der Waals surface area contributed by atoms with Gasteiger partial charge in [-0.3, -0.25) is 9.59 Å². The van der Waals surface area contributed by atoms with Crippen molar-refractivity contribution in [2.45, 2.75) is 46.1 Å². The second-order valence-electron chi connectivity index (χ2n) is 7.54. The molecule has 0 unspecified atom stereocenters. The molecule has 3 rings (SSSR count). The number of hydrogen-bond donors (Lipinski definition) is 2. The maximum absolute atomic E-state index is 13.7. The van der Waals surface area contributed by atoms with E-state index in [1.54, 1.807) is 18.2 Å². The molecule has 2 N–H and O–H groups in total. The molecule has 0 radical (unpaired) electrons. The van der Waals surface area contributed by atoms with Crippen molar-refractivity contribution in [2.24, 2.45) is 5.92 Å². The van der Waals surface area contributed by atoms with Gasteiger partial charge in [0.15, 0.2) is 5.82 Å². The lowest BCUT2D eigenvalue weighted by atomic mass is 10.1. The van der Waals surface area contributed by atoms with Gasteiger partial charge in [0.05, 0.1) is 5.69 Å². The summed E-state index contributed by atoms with van der Waals surface area (Å²) < 4.78 is 15.6.